The highest BCUT2D eigenvalue weighted by Gasteiger charge is 2.04. The molecule has 1 rings (SSSR count). The molecule has 1 amide bonds. The summed E-state index contributed by atoms with van der Waals surface area (Å²) in [4.78, 5) is 32.8. The molecule has 2 N–H and O–H groups in total. The van der Waals surface area contributed by atoms with E-state index in [1.807, 2.05) is 24.3 Å². The van der Waals surface area contributed by atoms with Crippen molar-refractivity contribution in [3.8, 4) is 0 Å². The molecule has 5 nitrogen and oxygen atoms in total. The first-order valence-electron chi connectivity index (χ1n) is 6.73. The van der Waals surface area contributed by atoms with Crippen LogP contribution < -0.4 is 5.32 Å². The van der Waals surface area contributed by atoms with Crippen LogP contribution in [0.25, 0.3) is 6.08 Å². The summed E-state index contributed by atoms with van der Waals surface area (Å²) < 4.78 is 0. The van der Waals surface area contributed by atoms with E-state index in [1.165, 1.54) is 13.0 Å². The van der Waals surface area contributed by atoms with E-state index in [-0.39, 0.29) is 24.5 Å². The van der Waals surface area contributed by atoms with Gasteiger partial charge in [-0.05, 0) is 36.6 Å². The Hall–Kier alpha value is -2.43. The largest absolute Gasteiger partial charge is 0.481 e. The van der Waals surface area contributed by atoms with Crippen LogP contribution in [0.4, 0.5) is 0 Å². The van der Waals surface area contributed by atoms with Crippen molar-refractivity contribution in [2.45, 2.75) is 32.7 Å². The van der Waals surface area contributed by atoms with Gasteiger partial charge in [0.25, 0.3) is 0 Å². The molecule has 1 aromatic rings. The first-order chi connectivity index (χ1) is 9.97. The molecule has 112 valence electrons. The van der Waals surface area contributed by atoms with Crippen LogP contribution in [0.5, 0.6) is 0 Å². The van der Waals surface area contributed by atoms with Crippen LogP contribution in [0, 0.1) is 0 Å². The zero-order valence-electron chi connectivity index (χ0n) is 12.0. The number of hydrogen-bond donors (Lipinski definition) is 2. The molecule has 0 aliphatic rings. The van der Waals surface area contributed by atoms with Gasteiger partial charge in [0.05, 0.1) is 0 Å². The Morgan fingerprint density at radius 3 is 2.67 bits per heavy atom. The summed E-state index contributed by atoms with van der Waals surface area (Å²) in [6.45, 7) is 1.87. The first-order valence-corrected chi connectivity index (χ1v) is 6.73. The average Bonchev–Trinajstić information content (AvgIpc) is 2.43. The molecule has 0 fully saturated rings. The highest BCUT2D eigenvalue weighted by atomic mass is 16.4. The molecule has 0 aliphatic heterocycles. The zero-order valence-corrected chi connectivity index (χ0v) is 12.0. The summed E-state index contributed by atoms with van der Waals surface area (Å²) in [6, 6.07) is 7.49. The number of carboxylic acid groups (broad SMARTS) is 1. The van der Waals surface area contributed by atoms with Gasteiger partial charge in [-0.1, -0.05) is 24.3 Å². The second-order valence-corrected chi connectivity index (χ2v) is 4.71. The van der Waals surface area contributed by atoms with Gasteiger partial charge >= 0.3 is 5.97 Å². The molecule has 0 bridgehead atoms. The van der Waals surface area contributed by atoms with Gasteiger partial charge in [0, 0.05) is 19.4 Å². The van der Waals surface area contributed by atoms with Gasteiger partial charge in [-0.15, -0.1) is 0 Å². The minimum absolute atomic E-state index is 0.00124. The van der Waals surface area contributed by atoms with Crippen molar-refractivity contribution < 1.29 is 19.5 Å². The van der Waals surface area contributed by atoms with Gasteiger partial charge in [0.15, 0.2) is 5.78 Å². The van der Waals surface area contributed by atoms with Crippen molar-refractivity contribution in [1.29, 1.82) is 0 Å². The van der Waals surface area contributed by atoms with Crippen molar-refractivity contribution in [3.05, 3.63) is 41.5 Å². The van der Waals surface area contributed by atoms with Crippen LogP contribution in [0.15, 0.2) is 30.3 Å². The molecule has 0 unspecified atom stereocenters. The molecular formula is C16H19NO4. The Morgan fingerprint density at radius 2 is 2.00 bits per heavy atom. The Bertz CT molecular complexity index is 549. The van der Waals surface area contributed by atoms with Crippen molar-refractivity contribution >= 4 is 23.7 Å². The van der Waals surface area contributed by atoms with Crippen LogP contribution in [0.3, 0.4) is 0 Å². The quantitative estimate of drug-likeness (QED) is 0.718. The maximum Gasteiger partial charge on any atom is 0.303 e. The molecule has 0 aliphatic carbocycles. The minimum Gasteiger partial charge on any atom is -0.481 e. The number of rotatable bonds is 8. The van der Waals surface area contributed by atoms with E-state index in [0.29, 0.717) is 13.0 Å². The first kappa shape index (κ1) is 16.6. The summed E-state index contributed by atoms with van der Waals surface area (Å²) in [6.07, 6.45) is 3.75. The number of carbonyl (C=O) groups is 3. The molecule has 0 saturated carbocycles. The summed E-state index contributed by atoms with van der Waals surface area (Å²) in [7, 11) is 0. The number of benzene rings is 1. The van der Waals surface area contributed by atoms with Crippen molar-refractivity contribution in [2.75, 3.05) is 0 Å². The van der Waals surface area contributed by atoms with E-state index >= 15 is 0 Å². The fraction of sp³-hybridized carbons (Fsp3) is 0.312. The molecule has 0 heterocycles. The second kappa shape index (κ2) is 8.68. The molecule has 21 heavy (non-hydrogen) atoms. The number of nitrogens with one attached hydrogen (secondary N) is 1. The number of hydrogen-bond acceptors (Lipinski definition) is 3. The van der Waals surface area contributed by atoms with Gasteiger partial charge in [0.1, 0.15) is 0 Å². The third kappa shape index (κ3) is 7.67. The Kier molecular flexibility index (Phi) is 6.87. The number of carbonyl (C=O) groups excluding carboxylic acids is 2. The lowest BCUT2D eigenvalue weighted by Crippen LogP contribution is -2.22. The van der Waals surface area contributed by atoms with Gasteiger partial charge in [-0.2, -0.15) is 0 Å². The monoisotopic (exact) mass is 289 g/mol. The summed E-state index contributed by atoms with van der Waals surface area (Å²) >= 11 is 0. The number of ketones is 1. The third-order valence-electron chi connectivity index (χ3n) is 2.75. The van der Waals surface area contributed by atoms with Gasteiger partial charge in [0.2, 0.25) is 5.91 Å². The predicted molar refractivity (Wildman–Crippen MR) is 79.5 cm³/mol. The summed E-state index contributed by atoms with van der Waals surface area (Å²) in [5, 5.41) is 11.2. The normalized spacial score (nSPS) is 10.5. The zero-order chi connectivity index (χ0) is 15.7. The van der Waals surface area contributed by atoms with Crippen LogP contribution >= 0.6 is 0 Å². The molecule has 0 saturated heterocycles. The molecular weight excluding hydrogens is 270 g/mol. The topological polar surface area (TPSA) is 83.5 Å². The number of aliphatic carboxylic acids is 1. The van der Waals surface area contributed by atoms with E-state index in [4.69, 9.17) is 5.11 Å². The molecule has 0 aromatic heterocycles. The van der Waals surface area contributed by atoms with Crippen LogP contribution in [-0.2, 0) is 20.9 Å². The van der Waals surface area contributed by atoms with Crippen molar-refractivity contribution in [1.82, 2.24) is 5.32 Å². The highest BCUT2D eigenvalue weighted by Crippen LogP contribution is 2.07. The minimum atomic E-state index is -0.896. The standard InChI is InChI=1S/C16H19NO4/c1-12(18)8-9-13-4-2-5-14(10-13)11-17-15(19)6-3-7-16(20)21/h2,4-5,8-10H,3,6-7,11H2,1H3,(H,17,19)(H,20,21)/b9-8+. The van der Waals surface area contributed by atoms with Crippen LogP contribution in [0.2, 0.25) is 0 Å². The molecule has 0 atom stereocenters. The number of amides is 1. The van der Waals surface area contributed by atoms with Gasteiger partial charge < -0.3 is 10.4 Å². The van der Waals surface area contributed by atoms with E-state index < -0.39 is 5.97 Å². The summed E-state index contributed by atoms with van der Waals surface area (Å²) in [5.41, 5.74) is 1.81. The smallest absolute Gasteiger partial charge is 0.303 e. The van der Waals surface area contributed by atoms with E-state index in [1.54, 1.807) is 6.08 Å². The van der Waals surface area contributed by atoms with Crippen LogP contribution in [0.1, 0.15) is 37.3 Å². The van der Waals surface area contributed by atoms with Crippen molar-refractivity contribution in [2.24, 2.45) is 0 Å². The van der Waals surface area contributed by atoms with Gasteiger partial charge in [-0.25, -0.2) is 0 Å². The molecule has 0 radical (unpaired) electrons. The SMILES string of the molecule is CC(=O)/C=C/c1cccc(CNC(=O)CCCC(=O)O)c1. The van der Waals surface area contributed by atoms with Crippen molar-refractivity contribution in [3.63, 3.8) is 0 Å². The lowest BCUT2D eigenvalue weighted by molar-refractivity contribution is -0.137. The number of allylic oxidation sites excluding steroid dienone is 1. The Morgan fingerprint density at radius 1 is 1.24 bits per heavy atom. The van der Waals surface area contributed by atoms with Gasteiger partial charge in [-0.3, -0.25) is 14.4 Å². The van der Waals surface area contributed by atoms with E-state index in [0.717, 1.165) is 11.1 Å². The maximum absolute atomic E-state index is 11.5. The lowest BCUT2D eigenvalue weighted by atomic mass is 10.1. The second-order valence-electron chi connectivity index (χ2n) is 4.71. The summed E-state index contributed by atoms with van der Waals surface area (Å²) in [5.74, 6) is -1.08. The fourth-order valence-corrected chi connectivity index (χ4v) is 1.71. The third-order valence-corrected chi connectivity index (χ3v) is 2.75. The predicted octanol–water partition coefficient (Wildman–Crippen LogP) is 2.16. The number of carboxylic acids is 1. The lowest BCUT2D eigenvalue weighted by Gasteiger charge is -2.05. The molecule has 0 spiro atoms. The highest BCUT2D eigenvalue weighted by molar-refractivity contribution is 5.91. The molecule has 5 heteroatoms. The van der Waals surface area contributed by atoms with E-state index in [2.05, 4.69) is 5.32 Å². The fourth-order valence-electron chi connectivity index (χ4n) is 1.71. The van der Waals surface area contributed by atoms with Crippen LogP contribution in [-0.4, -0.2) is 22.8 Å². The maximum atomic E-state index is 11.5. The molecule has 1 aromatic carbocycles. The van der Waals surface area contributed by atoms with E-state index in [9.17, 15) is 14.4 Å². The Balaban J connectivity index is 2.44. The average molecular weight is 289 g/mol. The Labute approximate surface area is 123 Å².